The molecule has 1 aliphatic carbocycles. The van der Waals surface area contributed by atoms with Crippen molar-refractivity contribution in [3.63, 3.8) is 0 Å². The van der Waals surface area contributed by atoms with Gasteiger partial charge in [0.1, 0.15) is 5.78 Å². The third-order valence-corrected chi connectivity index (χ3v) is 3.12. The van der Waals surface area contributed by atoms with E-state index in [0.29, 0.717) is 11.8 Å². The molecule has 0 bridgehead atoms. The summed E-state index contributed by atoms with van der Waals surface area (Å²) in [7, 11) is 0. The Kier molecular flexibility index (Phi) is 2.79. The summed E-state index contributed by atoms with van der Waals surface area (Å²) in [6.07, 6.45) is 9.66. The standard InChI is InChI=1S/C11H17NO/c13-11-7-8-12-10-6-4-2-1-3-5-9(10)11/h1,3,9-10,12H,2,4-8H2/b3-1-. The summed E-state index contributed by atoms with van der Waals surface area (Å²) in [6.45, 7) is 0.893. The fourth-order valence-corrected chi connectivity index (χ4v) is 2.35. The first-order chi connectivity index (χ1) is 6.38. The number of carbonyl (C=O) groups is 1. The summed E-state index contributed by atoms with van der Waals surface area (Å²) in [5.74, 6) is 0.737. The summed E-state index contributed by atoms with van der Waals surface area (Å²) >= 11 is 0. The summed E-state index contributed by atoms with van der Waals surface area (Å²) in [4.78, 5) is 11.6. The number of nitrogens with one attached hydrogen (secondary N) is 1. The molecule has 1 heterocycles. The highest BCUT2D eigenvalue weighted by atomic mass is 16.1. The van der Waals surface area contributed by atoms with E-state index in [0.717, 1.165) is 19.4 Å². The van der Waals surface area contributed by atoms with Crippen LogP contribution in [0.5, 0.6) is 0 Å². The van der Waals surface area contributed by atoms with Gasteiger partial charge in [-0.2, -0.15) is 0 Å². The fraction of sp³-hybridized carbons (Fsp3) is 0.727. The van der Waals surface area contributed by atoms with Gasteiger partial charge in [0.2, 0.25) is 0 Å². The van der Waals surface area contributed by atoms with Gasteiger partial charge in [-0.3, -0.25) is 4.79 Å². The van der Waals surface area contributed by atoms with Crippen LogP contribution in [0.1, 0.15) is 32.1 Å². The van der Waals surface area contributed by atoms with E-state index < -0.39 is 0 Å². The lowest BCUT2D eigenvalue weighted by Crippen LogP contribution is -2.46. The number of carbonyl (C=O) groups excluding carboxylic acids is 1. The molecule has 0 aromatic heterocycles. The maximum atomic E-state index is 11.6. The van der Waals surface area contributed by atoms with E-state index in [2.05, 4.69) is 17.5 Å². The van der Waals surface area contributed by atoms with Gasteiger partial charge in [0.25, 0.3) is 0 Å². The van der Waals surface area contributed by atoms with Gasteiger partial charge in [-0.25, -0.2) is 0 Å². The molecule has 2 aliphatic rings. The highest BCUT2D eigenvalue weighted by Crippen LogP contribution is 2.23. The number of ketones is 1. The maximum Gasteiger partial charge on any atom is 0.139 e. The van der Waals surface area contributed by atoms with E-state index in [4.69, 9.17) is 0 Å². The third-order valence-electron chi connectivity index (χ3n) is 3.12. The summed E-state index contributed by atoms with van der Waals surface area (Å²) in [5.41, 5.74) is 0. The Balaban J connectivity index is 2.08. The molecule has 0 amide bonds. The predicted octanol–water partition coefficient (Wildman–Crippen LogP) is 1.66. The number of hydrogen-bond acceptors (Lipinski definition) is 2. The van der Waals surface area contributed by atoms with Crippen LogP contribution in [0.25, 0.3) is 0 Å². The molecular formula is C11H17NO. The van der Waals surface area contributed by atoms with Gasteiger partial charge in [0, 0.05) is 24.9 Å². The zero-order valence-electron chi connectivity index (χ0n) is 7.96. The minimum absolute atomic E-state index is 0.269. The molecule has 2 atom stereocenters. The van der Waals surface area contributed by atoms with Crippen molar-refractivity contribution >= 4 is 5.78 Å². The lowest BCUT2D eigenvalue weighted by Gasteiger charge is -2.31. The number of rotatable bonds is 0. The number of allylic oxidation sites excluding steroid dienone is 2. The average molecular weight is 179 g/mol. The van der Waals surface area contributed by atoms with E-state index in [1.807, 2.05) is 0 Å². The first kappa shape index (κ1) is 8.95. The molecule has 2 nitrogen and oxygen atoms in total. The zero-order chi connectivity index (χ0) is 9.10. The zero-order valence-corrected chi connectivity index (χ0v) is 7.96. The molecule has 2 heteroatoms. The molecule has 0 radical (unpaired) electrons. The molecule has 0 saturated carbocycles. The van der Waals surface area contributed by atoms with Crippen molar-refractivity contribution in [2.75, 3.05) is 6.54 Å². The van der Waals surface area contributed by atoms with Crippen molar-refractivity contribution in [1.82, 2.24) is 5.32 Å². The molecule has 0 aromatic carbocycles. The normalized spacial score (nSPS) is 37.4. The van der Waals surface area contributed by atoms with Gasteiger partial charge in [-0.1, -0.05) is 12.2 Å². The van der Waals surface area contributed by atoms with Crippen LogP contribution in [-0.4, -0.2) is 18.4 Å². The molecule has 2 unspecified atom stereocenters. The van der Waals surface area contributed by atoms with Crippen LogP contribution in [0, 0.1) is 5.92 Å². The van der Waals surface area contributed by atoms with Crippen LogP contribution < -0.4 is 5.32 Å². The third kappa shape index (κ3) is 1.99. The van der Waals surface area contributed by atoms with Gasteiger partial charge in [0.05, 0.1) is 0 Å². The van der Waals surface area contributed by atoms with Crippen LogP contribution in [0.3, 0.4) is 0 Å². The van der Waals surface area contributed by atoms with Crippen LogP contribution in [0.4, 0.5) is 0 Å². The summed E-state index contributed by atoms with van der Waals surface area (Å²) in [6, 6.07) is 0.464. The minimum Gasteiger partial charge on any atom is -0.313 e. The molecular weight excluding hydrogens is 162 g/mol. The van der Waals surface area contributed by atoms with Gasteiger partial charge < -0.3 is 5.32 Å². The van der Waals surface area contributed by atoms with Crippen LogP contribution in [-0.2, 0) is 4.79 Å². The molecule has 13 heavy (non-hydrogen) atoms. The van der Waals surface area contributed by atoms with Gasteiger partial charge in [-0.15, -0.1) is 0 Å². The SMILES string of the molecule is O=C1CCNC2CCC/C=C\CC12. The minimum atomic E-state index is 0.269. The molecule has 0 aromatic rings. The van der Waals surface area contributed by atoms with Crippen molar-refractivity contribution < 1.29 is 4.79 Å². The average Bonchev–Trinajstić information content (AvgIpc) is 2.07. The largest absolute Gasteiger partial charge is 0.313 e. The van der Waals surface area contributed by atoms with Crippen molar-refractivity contribution in [3.8, 4) is 0 Å². The lowest BCUT2D eigenvalue weighted by atomic mass is 9.83. The second kappa shape index (κ2) is 4.05. The Hall–Kier alpha value is -0.630. The van der Waals surface area contributed by atoms with Crippen LogP contribution >= 0.6 is 0 Å². The molecule has 1 aliphatic heterocycles. The number of hydrogen-bond donors (Lipinski definition) is 1. The molecule has 1 N–H and O–H groups in total. The predicted molar refractivity (Wildman–Crippen MR) is 52.5 cm³/mol. The van der Waals surface area contributed by atoms with E-state index in [1.54, 1.807) is 0 Å². The Morgan fingerprint density at radius 3 is 3.23 bits per heavy atom. The Morgan fingerprint density at radius 2 is 2.31 bits per heavy atom. The van der Waals surface area contributed by atoms with Crippen molar-refractivity contribution in [2.24, 2.45) is 5.92 Å². The van der Waals surface area contributed by atoms with E-state index in [9.17, 15) is 4.79 Å². The molecule has 0 spiro atoms. The molecule has 2 rings (SSSR count). The number of fused-ring (bicyclic) bond motifs is 1. The number of Topliss-reactive ketones (excluding diaryl/α,β-unsaturated/α-hetero) is 1. The Labute approximate surface area is 79.4 Å². The van der Waals surface area contributed by atoms with Crippen molar-refractivity contribution in [1.29, 1.82) is 0 Å². The Bertz CT molecular complexity index is 222. The maximum absolute atomic E-state index is 11.6. The molecule has 72 valence electrons. The van der Waals surface area contributed by atoms with Crippen LogP contribution in [0.2, 0.25) is 0 Å². The van der Waals surface area contributed by atoms with E-state index in [1.165, 1.54) is 19.3 Å². The summed E-state index contributed by atoms with van der Waals surface area (Å²) < 4.78 is 0. The van der Waals surface area contributed by atoms with Gasteiger partial charge in [0.15, 0.2) is 0 Å². The highest BCUT2D eigenvalue weighted by molar-refractivity contribution is 5.82. The second-order valence-electron chi connectivity index (χ2n) is 4.02. The van der Waals surface area contributed by atoms with Crippen molar-refractivity contribution in [2.45, 2.75) is 38.1 Å². The Morgan fingerprint density at radius 1 is 1.38 bits per heavy atom. The van der Waals surface area contributed by atoms with Crippen molar-refractivity contribution in [3.05, 3.63) is 12.2 Å². The fourth-order valence-electron chi connectivity index (χ4n) is 2.35. The van der Waals surface area contributed by atoms with Gasteiger partial charge in [-0.05, 0) is 25.7 Å². The first-order valence-corrected chi connectivity index (χ1v) is 5.29. The van der Waals surface area contributed by atoms with Crippen LogP contribution in [0.15, 0.2) is 12.2 Å². The first-order valence-electron chi connectivity index (χ1n) is 5.29. The summed E-state index contributed by atoms with van der Waals surface area (Å²) in [5, 5.41) is 3.46. The topological polar surface area (TPSA) is 29.1 Å². The second-order valence-corrected chi connectivity index (χ2v) is 4.02. The van der Waals surface area contributed by atoms with Gasteiger partial charge >= 0.3 is 0 Å². The quantitative estimate of drug-likeness (QED) is 0.573. The number of piperidine rings is 1. The monoisotopic (exact) mass is 179 g/mol. The van der Waals surface area contributed by atoms with E-state index >= 15 is 0 Å². The molecule has 1 saturated heterocycles. The van der Waals surface area contributed by atoms with E-state index in [-0.39, 0.29) is 5.92 Å². The smallest absolute Gasteiger partial charge is 0.139 e. The lowest BCUT2D eigenvalue weighted by molar-refractivity contribution is -0.125. The molecule has 1 fully saturated rings. The highest BCUT2D eigenvalue weighted by Gasteiger charge is 2.30.